The molecule has 0 aromatic heterocycles. The van der Waals surface area contributed by atoms with Crippen molar-refractivity contribution in [3.05, 3.63) is 124 Å². The summed E-state index contributed by atoms with van der Waals surface area (Å²) < 4.78 is 77.7. The third-order valence-electron chi connectivity index (χ3n) is 7.21. The normalized spacial score (nSPS) is 24.0. The summed E-state index contributed by atoms with van der Waals surface area (Å²) in [4.78, 5) is 0. The predicted octanol–water partition coefficient (Wildman–Crippen LogP) is 3.97. The monoisotopic (exact) mass is 790 g/mol. The molecule has 0 amide bonds. The first-order chi connectivity index (χ1) is 24.2. The molecule has 8 atom stereocenters. The molecular formula is C37H36Co2O12. The molecule has 2 aromatic rings. The number of hydrogen-bond donors (Lipinski definition) is 1. The molecule has 2 fully saturated rings. The van der Waals surface area contributed by atoms with Crippen LogP contribution in [0.5, 0.6) is 0 Å². The van der Waals surface area contributed by atoms with E-state index in [1.807, 2.05) is 42.5 Å². The second-order valence-corrected chi connectivity index (χ2v) is 9.84. The van der Waals surface area contributed by atoms with E-state index in [4.69, 9.17) is 51.6 Å². The topological polar surface area (TPSA) is 186 Å². The van der Waals surface area contributed by atoms with Crippen molar-refractivity contribution in [1.82, 2.24) is 0 Å². The van der Waals surface area contributed by atoms with Gasteiger partial charge in [0.15, 0.2) is 0 Å². The zero-order chi connectivity index (χ0) is 37.5. The van der Waals surface area contributed by atoms with Crippen LogP contribution in [0.2, 0.25) is 0 Å². The van der Waals surface area contributed by atoms with E-state index in [9.17, 15) is 5.11 Å². The molecule has 3 aliphatic rings. The zero-order valence-corrected chi connectivity index (χ0v) is 29.3. The third kappa shape index (κ3) is 18.8. The summed E-state index contributed by atoms with van der Waals surface area (Å²) >= 11 is 0. The first-order valence-electron chi connectivity index (χ1n) is 14.4. The van der Waals surface area contributed by atoms with Gasteiger partial charge >= 0.3 is 67.8 Å². The molecule has 1 N–H and O–H groups in total. The van der Waals surface area contributed by atoms with Crippen LogP contribution in [0.15, 0.2) is 73.3 Å². The van der Waals surface area contributed by atoms with E-state index in [1.165, 1.54) is 0 Å². The Bertz CT molecular complexity index is 1290. The van der Waals surface area contributed by atoms with Crippen molar-refractivity contribution in [2.45, 2.75) is 87.7 Å². The maximum Gasteiger partial charge on any atom is 0 e. The standard InChI is InChI=1S/C31H36O6.6CO.2Co/c1-2-10-26-29(33-20-22-11-5-3-6-12-22)31(34-21-23-13-7-4-8-14-23)30-28(36-26)19-27-25(37-30)16-9-15-24(35-27)17-18-32;6*1-2;;/h2-8,11-14,24-32H,1,10,16-21H2;;;;;;;;/t24-,25+,26-,27-,28+,29-,30+,31+;;;;;;;;/m0......../s1. The molecule has 0 spiro atoms. The van der Waals surface area contributed by atoms with Crippen molar-refractivity contribution in [3.8, 4) is 11.8 Å². The second-order valence-electron chi connectivity index (χ2n) is 9.84. The Balaban J connectivity index is -0.000000717. The number of hydrogen-bond acceptors (Lipinski definition) is 6. The van der Waals surface area contributed by atoms with Gasteiger partial charge in [-0.15, -0.1) is 6.58 Å². The fourth-order valence-corrected chi connectivity index (χ4v) is 5.39. The third-order valence-corrected chi connectivity index (χ3v) is 7.21. The second kappa shape index (κ2) is 36.7. The summed E-state index contributed by atoms with van der Waals surface area (Å²) in [5.74, 6) is 6.33. The maximum absolute atomic E-state index is 9.39. The van der Waals surface area contributed by atoms with Gasteiger partial charge in [-0.25, -0.2) is 0 Å². The van der Waals surface area contributed by atoms with E-state index in [-0.39, 0.29) is 89.0 Å². The Morgan fingerprint density at radius 1 is 0.706 bits per heavy atom. The van der Waals surface area contributed by atoms with Gasteiger partial charge in [0.1, 0.15) is 24.4 Å². The van der Waals surface area contributed by atoms with Crippen molar-refractivity contribution in [1.29, 1.82) is 0 Å². The summed E-state index contributed by atoms with van der Waals surface area (Å²) in [6, 6.07) is 20.3. The van der Waals surface area contributed by atoms with Gasteiger partial charge in [0.05, 0.1) is 37.6 Å². The number of rotatable bonds is 10. The summed E-state index contributed by atoms with van der Waals surface area (Å²) in [6.07, 6.45) is 2.19. The van der Waals surface area contributed by atoms with Gasteiger partial charge in [0, 0.05) is 59.4 Å². The largest absolute Gasteiger partial charge is 0 e. The van der Waals surface area contributed by atoms with Crippen molar-refractivity contribution >= 4 is 0 Å². The molecule has 2 aromatic carbocycles. The molecule has 2 radical (unpaired) electrons. The van der Waals surface area contributed by atoms with Gasteiger partial charge in [-0.1, -0.05) is 78.6 Å². The van der Waals surface area contributed by atoms with Crippen LogP contribution in [0, 0.1) is 51.7 Å². The maximum atomic E-state index is 9.39. The van der Waals surface area contributed by atoms with Gasteiger partial charge in [0.25, 0.3) is 0 Å². The number of aliphatic hydroxyl groups excluding tert-OH is 1. The van der Waals surface area contributed by atoms with Crippen molar-refractivity contribution in [2.75, 3.05) is 6.61 Å². The Hall–Kier alpha value is -3.05. The number of benzene rings is 2. The molecule has 0 saturated carbocycles. The van der Waals surface area contributed by atoms with E-state index in [0.29, 0.717) is 38.9 Å². The van der Waals surface area contributed by atoms with Crippen LogP contribution in [-0.4, -0.2) is 60.5 Å². The van der Waals surface area contributed by atoms with Crippen molar-refractivity contribution in [3.63, 3.8) is 0 Å². The molecule has 5 rings (SSSR count). The van der Waals surface area contributed by atoms with E-state index >= 15 is 0 Å². The van der Waals surface area contributed by atoms with Crippen LogP contribution in [0.1, 0.15) is 36.8 Å². The SMILES string of the molecule is C=CC[C@@H]1O[C@@H]2C[C@@H]3O[C@H](CCO)C#CC[C@H]3O[C@H]2[C@H](OCc2ccccc2)[C@H]1OCc1ccccc1.[C-]#[O+].[C-]#[O+].[C-]#[O+].[C-]#[O+].[C-]#[O+].[C-]#[O+].[Co].[Co]. The van der Waals surface area contributed by atoms with E-state index in [0.717, 1.165) is 11.1 Å². The zero-order valence-electron chi connectivity index (χ0n) is 27.2. The molecule has 51 heavy (non-hydrogen) atoms. The minimum absolute atomic E-state index is 0. The molecule has 0 unspecified atom stereocenters. The Kier molecular flexibility index (Phi) is 39.4. The minimum Gasteiger partial charge on any atom is 0 e. The van der Waals surface area contributed by atoms with E-state index < -0.39 is 0 Å². The predicted molar refractivity (Wildman–Crippen MR) is 163 cm³/mol. The van der Waals surface area contributed by atoms with E-state index in [1.54, 1.807) is 0 Å². The summed E-state index contributed by atoms with van der Waals surface area (Å²) in [7, 11) is 0. The van der Waals surface area contributed by atoms with Crippen LogP contribution < -0.4 is 0 Å². The molecule has 3 aliphatic heterocycles. The Labute approximate surface area is 319 Å². The summed E-state index contributed by atoms with van der Waals surface area (Å²) in [6.45, 7) is 31.9. The van der Waals surface area contributed by atoms with Gasteiger partial charge in [-0.2, -0.15) is 0 Å². The van der Waals surface area contributed by atoms with E-state index in [2.05, 4.69) is 82.6 Å². The number of ether oxygens (including phenoxy) is 5. The first kappa shape index (κ1) is 54.7. The molecule has 274 valence electrons. The minimum atomic E-state index is -0.335. The van der Waals surface area contributed by atoms with Gasteiger partial charge in [-0.3, -0.25) is 0 Å². The van der Waals surface area contributed by atoms with Gasteiger partial charge < -0.3 is 28.8 Å². The molecule has 3 heterocycles. The molecule has 0 bridgehead atoms. The fourth-order valence-electron chi connectivity index (χ4n) is 5.39. The van der Waals surface area contributed by atoms with Crippen molar-refractivity contribution in [2.24, 2.45) is 0 Å². The van der Waals surface area contributed by atoms with Crippen LogP contribution >= 0.6 is 0 Å². The average Bonchev–Trinajstić information content (AvgIpc) is 3.39. The van der Waals surface area contributed by atoms with Crippen LogP contribution in [0.4, 0.5) is 0 Å². The molecule has 14 heteroatoms. The Morgan fingerprint density at radius 3 is 1.67 bits per heavy atom. The Morgan fingerprint density at radius 2 is 1.20 bits per heavy atom. The molecule has 12 nitrogen and oxygen atoms in total. The van der Waals surface area contributed by atoms with Crippen LogP contribution in [0.3, 0.4) is 0 Å². The van der Waals surface area contributed by atoms with Gasteiger partial charge in [-0.05, 0) is 17.5 Å². The average molecular weight is 791 g/mol. The molecule has 0 aliphatic carbocycles. The molecular weight excluding hydrogens is 754 g/mol. The smallest absolute Gasteiger partial charge is 0 e. The number of aliphatic hydroxyl groups is 1. The summed E-state index contributed by atoms with van der Waals surface area (Å²) in [5.41, 5.74) is 2.19. The van der Waals surface area contributed by atoms with Crippen LogP contribution in [-0.2, 0) is 98.4 Å². The van der Waals surface area contributed by atoms with Crippen LogP contribution in [0.25, 0.3) is 0 Å². The summed E-state index contributed by atoms with van der Waals surface area (Å²) in [5, 5.41) is 9.39. The van der Waals surface area contributed by atoms with Gasteiger partial charge in [0.2, 0.25) is 0 Å². The van der Waals surface area contributed by atoms with Crippen molar-refractivity contribution < 1.29 is 90.3 Å². The quantitative estimate of drug-likeness (QED) is 0.164. The molecule has 2 saturated heterocycles. The fraction of sp³-hybridized carbons (Fsp3) is 0.405. The first-order valence-corrected chi connectivity index (χ1v) is 14.4. The number of fused-ring (bicyclic) bond motifs is 2.